The fraction of sp³-hybridized carbons (Fsp3) is 0.240. The van der Waals surface area contributed by atoms with Crippen LogP contribution in [0.4, 0.5) is 4.39 Å². The van der Waals surface area contributed by atoms with Crippen LogP contribution in [0.2, 0.25) is 5.02 Å². The van der Waals surface area contributed by atoms with Gasteiger partial charge in [0, 0.05) is 25.1 Å². The smallest absolute Gasteiger partial charge is 0.252 e. The minimum Gasteiger partial charge on any atom is -0.394 e. The van der Waals surface area contributed by atoms with E-state index in [1.165, 1.54) is 19.2 Å². The number of allylic oxidation sites excluding steroid dienone is 1. The molecule has 0 saturated carbocycles. The summed E-state index contributed by atoms with van der Waals surface area (Å²) in [5.41, 5.74) is 3.18. The number of methoxy groups -OCH3 is 1. The number of nitrogens with zero attached hydrogens (tertiary/aromatic N) is 3. The van der Waals surface area contributed by atoms with Crippen LogP contribution in [-0.4, -0.2) is 58.9 Å². The molecule has 0 saturated heterocycles. The van der Waals surface area contributed by atoms with Gasteiger partial charge in [-0.1, -0.05) is 29.8 Å². The maximum Gasteiger partial charge on any atom is 0.252 e. The summed E-state index contributed by atoms with van der Waals surface area (Å²) in [6.07, 6.45) is 4.63. The van der Waals surface area contributed by atoms with Crippen LogP contribution >= 0.6 is 11.6 Å². The van der Waals surface area contributed by atoms with Crippen LogP contribution in [0.3, 0.4) is 0 Å². The quantitative estimate of drug-likeness (QED) is 0.489. The lowest BCUT2D eigenvalue weighted by atomic mass is 9.99. The molecule has 34 heavy (non-hydrogen) atoms. The van der Waals surface area contributed by atoms with E-state index in [4.69, 9.17) is 16.3 Å². The fourth-order valence-corrected chi connectivity index (χ4v) is 4.14. The van der Waals surface area contributed by atoms with Crippen LogP contribution in [0.1, 0.15) is 21.5 Å². The second-order valence-corrected chi connectivity index (χ2v) is 8.21. The van der Waals surface area contributed by atoms with Gasteiger partial charge in [-0.05, 0) is 47.5 Å². The molecule has 1 aromatic heterocycles. The Kier molecular flexibility index (Phi) is 7.52. The molecule has 0 bridgehead atoms. The molecule has 2 heterocycles. The molecule has 0 fully saturated rings. The topological polar surface area (TPSA) is 88.7 Å². The van der Waals surface area contributed by atoms with Crippen molar-refractivity contribution < 1.29 is 19.0 Å². The monoisotopic (exact) mass is 482 g/mol. The van der Waals surface area contributed by atoms with Crippen molar-refractivity contribution in [2.75, 3.05) is 20.3 Å². The molecule has 7 nitrogen and oxygen atoms in total. The first-order valence-electron chi connectivity index (χ1n) is 10.7. The van der Waals surface area contributed by atoms with E-state index in [-0.39, 0.29) is 18.3 Å². The third-order valence-electron chi connectivity index (χ3n) is 5.65. The van der Waals surface area contributed by atoms with Crippen molar-refractivity contribution in [3.63, 3.8) is 0 Å². The first-order valence-corrected chi connectivity index (χ1v) is 11.1. The summed E-state index contributed by atoms with van der Waals surface area (Å²) in [5.74, 6) is -0.688. The number of nitrogens with one attached hydrogen (secondary N) is 1. The Morgan fingerprint density at radius 3 is 2.74 bits per heavy atom. The Morgan fingerprint density at radius 2 is 2.06 bits per heavy atom. The van der Waals surface area contributed by atoms with Crippen molar-refractivity contribution in [2.45, 2.75) is 18.7 Å². The van der Waals surface area contributed by atoms with Gasteiger partial charge in [-0.3, -0.25) is 14.5 Å². The molecule has 0 radical (unpaired) electrons. The summed E-state index contributed by atoms with van der Waals surface area (Å²) in [6.45, 7) is 0.427. The number of aliphatic imine (C=N–C) groups is 1. The van der Waals surface area contributed by atoms with Crippen molar-refractivity contribution in [1.29, 1.82) is 0 Å². The van der Waals surface area contributed by atoms with E-state index >= 15 is 0 Å². The number of amides is 1. The lowest BCUT2D eigenvalue weighted by molar-refractivity contribution is 0.0166. The zero-order chi connectivity index (χ0) is 24.1. The number of aromatic nitrogens is 2. The molecule has 3 aromatic rings. The van der Waals surface area contributed by atoms with Crippen molar-refractivity contribution in [3.8, 4) is 0 Å². The summed E-state index contributed by atoms with van der Waals surface area (Å²) < 4.78 is 20.3. The van der Waals surface area contributed by atoms with Gasteiger partial charge >= 0.3 is 0 Å². The number of rotatable bonds is 9. The van der Waals surface area contributed by atoms with E-state index in [2.05, 4.69) is 15.4 Å². The number of hydrogen-bond donors (Lipinski definition) is 2. The van der Waals surface area contributed by atoms with Crippen molar-refractivity contribution >= 4 is 28.8 Å². The molecule has 0 unspecified atom stereocenters. The number of halogens is 2. The second kappa shape index (κ2) is 10.7. The number of aliphatic hydroxyl groups is 1. The highest BCUT2D eigenvalue weighted by molar-refractivity contribution is 6.37. The summed E-state index contributed by atoms with van der Waals surface area (Å²) in [7, 11) is 1.48. The normalized spacial score (nSPS) is 14.9. The van der Waals surface area contributed by atoms with Crippen LogP contribution in [-0.2, 0) is 11.3 Å². The van der Waals surface area contributed by atoms with Crippen LogP contribution in [0.25, 0.3) is 5.57 Å². The van der Waals surface area contributed by atoms with Crippen molar-refractivity contribution in [2.24, 2.45) is 4.99 Å². The van der Waals surface area contributed by atoms with Gasteiger partial charge in [-0.15, -0.1) is 0 Å². The SMILES string of the molecule is CO[C@H](CO)[C@@H](Cn1cccn1)NC(=O)c1cccc(Cl)c1C1=NCC(c2ccc(F)cc2)=C1. The zero-order valence-electron chi connectivity index (χ0n) is 18.5. The largest absolute Gasteiger partial charge is 0.394 e. The van der Waals surface area contributed by atoms with Crippen molar-refractivity contribution in [1.82, 2.24) is 15.1 Å². The highest BCUT2D eigenvalue weighted by atomic mass is 35.5. The van der Waals surface area contributed by atoms with E-state index in [0.717, 1.165) is 11.1 Å². The molecular weight excluding hydrogens is 459 g/mol. The second-order valence-electron chi connectivity index (χ2n) is 7.81. The summed E-state index contributed by atoms with van der Waals surface area (Å²) in [4.78, 5) is 18.0. The number of aliphatic hydroxyl groups excluding tert-OH is 1. The Morgan fingerprint density at radius 1 is 1.26 bits per heavy atom. The van der Waals surface area contributed by atoms with E-state index in [9.17, 15) is 14.3 Å². The van der Waals surface area contributed by atoms with Crippen LogP contribution in [0, 0.1) is 5.82 Å². The third kappa shape index (κ3) is 5.25. The molecule has 2 atom stereocenters. The Balaban J connectivity index is 1.62. The summed E-state index contributed by atoms with van der Waals surface area (Å²) in [6, 6.07) is 12.5. The van der Waals surface area contributed by atoms with Crippen molar-refractivity contribution in [3.05, 3.63) is 94.5 Å². The molecule has 1 aliphatic heterocycles. The van der Waals surface area contributed by atoms with Gasteiger partial charge in [0.05, 0.1) is 42.0 Å². The molecule has 4 rings (SSSR count). The van der Waals surface area contributed by atoms with Crippen LogP contribution in [0.15, 0.2) is 72.0 Å². The molecule has 9 heteroatoms. The van der Waals surface area contributed by atoms with Gasteiger partial charge in [-0.2, -0.15) is 5.10 Å². The Hall–Kier alpha value is -3.33. The van der Waals surface area contributed by atoms with Gasteiger partial charge in [0.2, 0.25) is 0 Å². The predicted octanol–water partition coefficient (Wildman–Crippen LogP) is 3.37. The van der Waals surface area contributed by atoms with Gasteiger partial charge in [0.1, 0.15) is 11.9 Å². The third-order valence-corrected chi connectivity index (χ3v) is 5.97. The molecule has 1 aliphatic rings. The lowest BCUT2D eigenvalue weighted by Gasteiger charge is -2.26. The summed E-state index contributed by atoms with van der Waals surface area (Å²) in [5, 5.41) is 17.3. The van der Waals surface area contributed by atoms with Gasteiger partial charge in [0.15, 0.2) is 0 Å². The molecule has 1 amide bonds. The highest BCUT2D eigenvalue weighted by Crippen LogP contribution is 2.28. The number of ether oxygens (including phenoxy) is 1. The Bertz CT molecular complexity index is 1210. The standard InChI is InChI=1S/C25H24ClFN4O3/c1-34-23(15-32)22(14-31-11-3-10-29-31)30-25(33)19-4-2-5-20(26)24(19)21-12-17(13-28-21)16-6-8-18(27)9-7-16/h2-12,22-23,32H,13-15H2,1H3,(H,30,33)/t22-,23-/m1/s1. The molecule has 0 spiro atoms. The first kappa shape index (κ1) is 23.8. The highest BCUT2D eigenvalue weighted by Gasteiger charge is 2.27. The molecule has 176 valence electrons. The van der Waals surface area contributed by atoms with E-state index in [1.54, 1.807) is 53.5 Å². The van der Waals surface area contributed by atoms with E-state index in [0.29, 0.717) is 35.0 Å². The van der Waals surface area contributed by atoms with E-state index in [1.807, 2.05) is 6.08 Å². The van der Waals surface area contributed by atoms with Crippen LogP contribution in [0.5, 0.6) is 0 Å². The average Bonchev–Trinajstić information content (AvgIpc) is 3.52. The van der Waals surface area contributed by atoms with Crippen LogP contribution < -0.4 is 5.32 Å². The predicted molar refractivity (Wildman–Crippen MR) is 129 cm³/mol. The maximum absolute atomic E-state index is 13.4. The minimum atomic E-state index is -0.635. The molecular formula is C25H24ClFN4O3. The van der Waals surface area contributed by atoms with Gasteiger partial charge < -0.3 is 15.2 Å². The molecule has 2 N–H and O–H groups in total. The average molecular weight is 483 g/mol. The summed E-state index contributed by atoms with van der Waals surface area (Å²) >= 11 is 6.52. The lowest BCUT2D eigenvalue weighted by Crippen LogP contribution is -2.48. The number of carbonyl (C=O) groups is 1. The number of benzene rings is 2. The zero-order valence-corrected chi connectivity index (χ0v) is 19.2. The van der Waals surface area contributed by atoms with Gasteiger partial charge in [0.25, 0.3) is 5.91 Å². The number of hydrogen-bond acceptors (Lipinski definition) is 5. The Labute approximate surface area is 201 Å². The van der Waals surface area contributed by atoms with E-state index < -0.39 is 12.1 Å². The minimum absolute atomic E-state index is 0.276. The molecule has 2 aromatic carbocycles. The number of carbonyl (C=O) groups excluding carboxylic acids is 1. The first-order chi connectivity index (χ1) is 16.5. The fourth-order valence-electron chi connectivity index (χ4n) is 3.87. The maximum atomic E-state index is 13.4. The molecule has 0 aliphatic carbocycles. The van der Waals surface area contributed by atoms with Gasteiger partial charge in [-0.25, -0.2) is 4.39 Å².